The van der Waals surface area contributed by atoms with E-state index >= 15 is 0 Å². The number of nitrogens with one attached hydrogen (secondary N) is 1. The molecule has 2 atom stereocenters. The minimum Gasteiger partial charge on any atom is -0.491 e. The number of benzene rings is 3. The maximum Gasteiger partial charge on any atom is 0.407 e. The van der Waals surface area contributed by atoms with Crippen molar-refractivity contribution in [2.75, 3.05) is 33.5 Å². The Morgan fingerprint density at radius 1 is 0.914 bits per heavy atom. The van der Waals surface area contributed by atoms with E-state index in [1.165, 1.54) is 11.1 Å². The highest BCUT2D eigenvalue weighted by Gasteiger charge is 2.29. The van der Waals surface area contributed by atoms with Gasteiger partial charge < -0.3 is 29.7 Å². The Hall–Kier alpha value is -3.39. The second-order valence-electron chi connectivity index (χ2n) is 8.46. The highest BCUT2D eigenvalue weighted by atomic mass is 16.5. The monoisotopic (exact) mass is 477 g/mol. The normalized spacial score (nSPS) is 14.0. The first kappa shape index (κ1) is 24.7. The molecule has 0 fully saturated rings. The van der Waals surface area contributed by atoms with Crippen LogP contribution < -0.4 is 10.1 Å². The Bertz CT molecular complexity index is 1070. The number of aliphatic hydroxyl groups excluding tert-OH is 2. The van der Waals surface area contributed by atoms with Crippen molar-refractivity contribution in [3.8, 4) is 16.9 Å². The molecule has 184 valence electrons. The third-order valence-corrected chi connectivity index (χ3v) is 6.20. The SMILES string of the molecule is COCCOc1ccc(C(O)C(O)CCNC(=O)OCC2c3ccccc3-c3ccccc32)cc1. The number of alkyl carbamates (subject to hydrolysis) is 1. The van der Waals surface area contributed by atoms with E-state index in [-0.39, 0.29) is 25.5 Å². The number of hydrogen-bond donors (Lipinski definition) is 3. The van der Waals surface area contributed by atoms with Crippen LogP contribution in [-0.4, -0.2) is 55.9 Å². The van der Waals surface area contributed by atoms with Crippen LogP contribution in [0, 0.1) is 0 Å². The summed E-state index contributed by atoms with van der Waals surface area (Å²) in [5.41, 5.74) is 5.20. The van der Waals surface area contributed by atoms with Gasteiger partial charge in [-0.2, -0.15) is 0 Å². The topological polar surface area (TPSA) is 97.3 Å². The van der Waals surface area contributed by atoms with Crippen LogP contribution in [0.15, 0.2) is 72.8 Å². The number of hydrogen-bond acceptors (Lipinski definition) is 6. The maximum absolute atomic E-state index is 12.3. The van der Waals surface area contributed by atoms with E-state index in [1.807, 2.05) is 24.3 Å². The van der Waals surface area contributed by atoms with Gasteiger partial charge in [-0.1, -0.05) is 60.7 Å². The number of carbonyl (C=O) groups excluding carboxylic acids is 1. The van der Waals surface area contributed by atoms with Gasteiger partial charge >= 0.3 is 6.09 Å². The van der Waals surface area contributed by atoms with Crippen molar-refractivity contribution >= 4 is 6.09 Å². The zero-order valence-corrected chi connectivity index (χ0v) is 19.7. The van der Waals surface area contributed by atoms with Gasteiger partial charge in [-0.3, -0.25) is 0 Å². The molecule has 3 N–H and O–H groups in total. The molecular weight excluding hydrogens is 446 g/mol. The summed E-state index contributed by atoms with van der Waals surface area (Å²) in [6, 6.07) is 23.2. The average Bonchev–Trinajstić information content (AvgIpc) is 3.21. The average molecular weight is 478 g/mol. The maximum atomic E-state index is 12.3. The van der Waals surface area contributed by atoms with Crippen molar-refractivity contribution in [3.05, 3.63) is 89.5 Å². The van der Waals surface area contributed by atoms with E-state index in [0.717, 1.165) is 11.1 Å². The van der Waals surface area contributed by atoms with Gasteiger partial charge in [0.05, 0.1) is 12.7 Å². The third kappa shape index (κ3) is 6.00. The molecule has 0 heterocycles. The largest absolute Gasteiger partial charge is 0.491 e. The Balaban J connectivity index is 1.22. The molecule has 0 spiro atoms. The van der Waals surface area contributed by atoms with E-state index in [9.17, 15) is 15.0 Å². The van der Waals surface area contributed by atoms with Gasteiger partial charge in [-0.15, -0.1) is 0 Å². The van der Waals surface area contributed by atoms with Crippen LogP contribution in [0.25, 0.3) is 11.1 Å². The van der Waals surface area contributed by atoms with E-state index in [4.69, 9.17) is 14.2 Å². The molecule has 0 aliphatic heterocycles. The number of aliphatic hydroxyl groups is 2. The lowest BCUT2D eigenvalue weighted by atomic mass is 9.98. The van der Waals surface area contributed by atoms with Crippen molar-refractivity contribution in [1.82, 2.24) is 5.32 Å². The molecule has 1 amide bonds. The Morgan fingerprint density at radius 3 is 2.17 bits per heavy atom. The van der Waals surface area contributed by atoms with Gasteiger partial charge in [0.15, 0.2) is 0 Å². The van der Waals surface area contributed by atoms with E-state index < -0.39 is 18.3 Å². The fourth-order valence-corrected chi connectivity index (χ4v) is 4.36. The fourth-order valence-electron chi connectivity index (χ4n) is 4.36. The van der Waals surface area contributed by atoms with Crippen LogP contribution in [0.3, 0.4) is 0 Å². The molecule has 35 heavy (non-hydrogen) atoms. The molecule has 0 saturated heterocycles. The van der Waals surface area contributed by atoms with Gasteiger partial charge in [-0.05, 0) is 46.4 Å². The highest BCUT2D eigenvalue weighted by molar-refractivity contribution is 5.79. The van der Waals surface area contributed by atoms with Crippen LogP contribution in [-0.2, 0) is 9.47 Å². The lowest BCUT2D eigenvalue weighted by Gasteiger charge is -2.19. The molecule has 7 heteroatoms. The molecule has 1 aliphatic carbocycles. The summed E-state index contributed by atoms with van der Waals surface area (Å²) in [6.07, 6.45) is -2.49. The van der Waals surface area contributed by atoms with Crippen molar-refractivity contribution < 1.29 is 29.2 Å². The predicted octanol–water partition coefficient (Wildman–Crippen LogP) is 4.03. The summed E-state index contributed by atoms with van der Waals surface area (Å²) < 4.78 is 15.9. The van der Waals surface area contributed by atoms with Gasteiger partial charge in [0.1, 0.15) is 25.1 Å². The third-order valence-electron chi connectivity index (χ3n) is 6.20. The number of ether oxygens (including phenoxy) is 3. The van der Waals surface area contributed by atoms with Gasteiger partial charge in [0.2, 0.25) is 0 Å². The van der Waals surface area contributed by atoms with Gasteiger partial charge in [0, 0.05) is 19.6 Å². The first-order chi connectivity index (χ1) is 17.1. The molecule has 1 aliphatic rings. The molecule has 0 saturated carbocycles. The number of methoxy groups -OCH3 is 1. The minimum absolute atomic E-state index is 0.0120. The quantitative estimate of drug-likeness (QED) is 0.361. The molecule has 0 radical (unpaired) electrons. The predicted molar refractivity (Wildman–Crippen MR) is 132 cm³/mol. The van der Waals surface area contributed by atoms with Crippen LogP contribution in [0.5, 0.6) is 5.75 Å². The Labute approximate surface area is 205 Å². The summed E-state index contributed by atoms with van der Waals surface area (Å²) in [5.74, 6) is 0.645. The van der Waals surface area contributed by atoms with Crippen molar-refractivity contribution in [1.29, 1.82) is 0 Å². The molecule has 0 aromatic heterocycles. The number of fused-ring (bicyclic) bond motifs is 3. The molecule has 4 rings (SSSR count). The van der Waals surface area contributed by atoms with E-state index in [0.29, 0.717) is 24.5 Å². The molecule has 7 nitrogen and oxygen atoms in total. The van der Waals surface area contributed by atoms with Crippen LogP contribution in [0.4, 0.5) is 4.79 Å². The van der Waals surface area contributed by atoms with Crippen LogP contribution in [0.2, 0.25) is 0 Å². The summed E-state index contributed by atoms with van der Waals surface area (Å²) in [5, 5.41) is 23.5. The molecule has 0 bridgehead atoms. The van der Waals surface area contributed by atoms with Gasteiger partial charge in [0.25, 0.3) is 0 Å². The first-order valence-electron chi connectivity index (χ1n) is 11.7. The number of amides is 1. The van der Waals surface area contributed by atoms with Crippen molar-refractivity contribution in [2.24, 2.45) is 0 Å². The highest BCUT2D eigenvalue weighted by Crippen LogP contribution is 2.44. The van der Waals surface area contributed by atoms with E-state index in [2.05, 4.69) is 29.6 Å². The second kappa shape index (κ2) is 11.8. The Kier molecular flexibility index (Phi) is 8.36. The summed E-state index contributed by atoms with van der Waals surface area (Å²) in [7, 11) is 1.60. The van der Waals surface area contributed by atoms with Crippen molar-refractivity contribution in [2.45, 2.75) is 24.5 Å². The number of carbonyl (C=O) groups is 1. The second-order valence-corrected chi connectivity index (χ2v) is 8.46. The minimum atomic E-state index is -1.08. The lowest BCUT2D eigenvalue weighted by molar-refractivity contribution is 0.0136. The Morgan fingerprint density at radius 2 is 1.54 bits per heavy atom. The molecule has 3 aromatic carbocycles. The summed E-state index contributed by atoms with van der Waals surface area (Å²) in [4.78, 5) is 12.3. The van der Waals surface area contributed by atoms with Crippen molar-refractivity contribution in [3.63, 3.8) is 0 Å². The standard InChI is InChI=1S/C28H31NO6/c1-33-16-17-34-20-12-10-19(11-13-20)27(31)26(30)14-15-29-28(32)35-18-25-23-8-4-2-6-21(23)22-7-3-5-9-24(22)25/h2-13,25-27,30-31H,14-18H2,1H3,(H,29,32). The fraction of sp³-hybridized carbons (Fsp3) is 0.321. The summed E-state index contributed by atoms with van der Waals surface area (Å²) in [6.45, 7) is 1.32. The zero-order chi connectivity index (χ0) is 24.6. The molecule has 2 unspecified atom stereocenters. The van der Waals surface area contributed by atoms with Crippen LogP contribution >= 0.6 is 0 Å². The zero-order valence-electron chi connectivity index (χ0n) is 19.7. The molecular formula is C28H31NO6. The first-order valence-corrected chi connectivity index (χ1v) is 11.7. The summed E-state index contributed by atoms with van der Waals surface area (Å²) >= 11 is 0. The molecule has 3 aromatic rings. The van der Waals surface area contributed by atoms with Crippen LogP contribution in [0.1, 0.15) is 35.1 Å². The van der Waals surface area contributed by atoms with E-state index in [1.54, 1.807) is 31.4 Å². The lowest BCUT2D eigenvalue weighted by Crippen LogP contribution is -2.30. The van der Waals surface area contributed by atoms with Gasteiger partial charge in [-0.25, -0.2) is 4.79 Å². The number of rotatable bonds is 11. The smallest absolute Gasteiger partial charge is 0.407 e.